The number of urea groups is 1. The second-order valence-electron chi connectivity index (χ2n) is 6.12. The lowest BCUT2D eigenvalue weighted by molar-refractivity contribution is -0.0286. The first-order valence-electron chi connectivity index (χ1n) is 8.55. The Morgan fingerprint density at radius 3 is 2.75 bits per heavy atom. The molecule has 1 heterocycles. The van der Waals surface area contributed by atoms with E-state index in [4.69, 9.17) is 55.1 Å². The van der Waals surface area contributed by atoms with Crippen LogP contribution in [0.2, 0.25) is 10.0 Å². The van der Waals surface area contributed by atoms with Crippen molar-refractivity contribution in [3.05, 3.63) is 33.8 Å². The van der Waals surface area contributed by atoms with Crippen LogP contribution in [0.3, 0.4) is 0 Å². The second kappa shape index (κ2) is 11.4. The van der Waals surface area contributed by atoms with E-state index in [1.54, 1.807) is 6.07 Å². The Bertz CT molecular complexity index is 719. The Balaban J connectivity index is 1.71. The number of benzene rings is 1. The number of morpholine rings is 1. The van der Waals surface area contributed by atoms with Gasteiger partial charge in [-0.3, -0.25) is 15.7 Å². The van der Waals surface area contributed by atoms with Crippen LogP contribution in [0.1, 0.15) is 5.56 Å². The monoisotopic (exact) mass is 449 g/mol. The zero-order valence-electron chi connectivity index (χ0n) is 15.1. The highest BCUT2D eigenvalue weighted by Gasteiger charge is 2.21. The molecule has 1 aromatic rings. The highest BCUT2D eigenvalue weighted by molar-refractivity contribution is 6.42. The number of carbonyl (C=O) groups is 1. The number of ether oxygens (including phenoxy) is 2. The molecule has 4 N–H and O–H groups in total. The molecule has 0 radical (unpaired) electrons. The smallest absolute Gasteiger partial charge is 0.315 e. The number of hydrogen-bond donors (Lipinski definition) is 4. The summed E-state index contributed by atoms with van der Waals surface area (Å²) in [5, 5.41) is 21.0. The zero-order chi connectivity index (χ0) is 20.5. The number of hydrogen-bond acceptors (Lipinski definition) is 6. The topological polar surface area (TPSA) is 111 Å². The fourth-order valence-corrected chi connectivity index (χ4v) is 2.96. The van der Waals surface area contributed by atoms with Gasteiger partial charge in [-0.05, 0) is 17.7 Å². The average Bonchev–Trinajstić information content (AvgIpc) is 2.68. The van der Waals surface area contributed by atoms with E-state index in [0.717, 1.165) is 12.1 Å². The second-order valence-corrected chi connectivity index (χ2v) is 7.20. The summed E-state index contributed by atoms with van der Waals surface area (Å²) >= 11 is 17.4. The molecule has 11 heteroatoms. The molecule has 1 saturated heterocycles. The average molecular weight is 451 g/mol. The van der Waals surface area contributed by atoms with Crippen LogP contribution < -0.4 is 10.6 Å². The Kier molecular flexibility index (Phi) is 9.27. The molecule has 2 rings (SSSR count). The van der Waals surface area contributed by atoms with Gasteiger partial charge in [-0.15, -0.1) is 11.6 Å². The molecule has 0 unspecified atom stereocenters. The van der Waals surface area contributed by atoms with Crippen LogP contribution in [0.15, 0.2) is 18.2 Å². The molecule has 0 saturated carbocycles. The van der Waals surface area contributed by atoms with Gasteiger partial charge in [-0.2, -0.15) is 0 Å². The molecule has 0 aromatic heterocycles. The molecule has 1 fully saturated rings. The highest BCUT2D eigenvalue weighted by atomic mass is 35.5. The third-order valence-corrected chi connectivity index (χ3v) is 4.86. The molecule has 154 valence electrons. The lowest BCUT2D eigenvalue weighted by Gasteiger charge is -2.33. The molecule has 1 aliphatic rings. The fraction of sp³-hybridized carbons (Fsp3) is 0.471. The van der Waals surface area contributed by atoms with Gasteiger partial charge in [-0.1, -0.05) is 29.3 Å². The van der Waals surface area contributed by atoms with E-state index in [0.29, 0.717) is 36.3 Å². The van der Waals surface area contributed by atoms with Crippen molar-refractivity contribution in [3.63, 3.8) is 0 Å². The minimum atomic E-state index is -0.448. The van der Waals surface area contributed by atoms with Gasteiger partial charge >= 0.3 is 6.03 Å². The van der Waals surface area contributed by atoms with Crippen molar-refractivity contribution < 1.29 is 14.3 Å². The molecule has 1 atom stereocenters. The Labute approximate surface area is 178 Å². The third-order valence-electron chi connectivity index (χ3n) is 3.88. The summed E-state index contributed by atoms with van der Waals surface area (Å²) in [4.78, 5) is 14.1. The van der Waals surface area contributed by atoms with Gasteiger partial charge in [0.1, 0.15) is 0 Å². The summed E-state index contributed by atoms with van der Waals surface area (Å²) in [6, 6.07) is 5.11. The van der Waals surface area contributed by atoms with Crippen LogP contribution in [-0.4, -0.2) is 67.5 Å². The predicted molar refractivity (Wildman–Crippen MR) is 110 cm³/mol. The summed E-state index contributed by atoms with van der Waals surface area (Å²) in [5.41, 5.74) is 1.06. The first kappa shape index (κ1) is 22.7. The molecule has 2 amide bonds. The van der Waals surface area contributed by atoms with Crippen LogP contribution in [-0.2, 0) is 16.0 Å². The first-order valence-corrected chi connectivity index (χ1v) is 9.84. The van der Waals surface area contributed by atoms with E-state index in [-0.39, 0.29) is 30.3 Å². The number of amides is 2. The number of halogens is 3. The maximum atomic E-state index is 11.8. The summed E-state index contributed by atoms with van der Waals surface area (Å²) in [5.74, 6) is -0.638. The maximum Gasteiger partial charge on any atom is 0.315 e. The Morgan fingerprint density at radius 1 is 1.25 bits per heavy atom. The van der Waals surface area contributed by atoms with Crippen LogP contribution in [0.4, 0.5) is 4.79 Å². The van der Waals surface area contributed by atoms with E-state index in [9.17, 15) is 4.79 Å². The van der Waals surface area contributed by atoms with E-state index in [1.165, 1.54) is 0 Å². The third kappa shape index (κ3) is 7.81. The van der Waals surface area contributed by atoms with Gasteiger partial charge in [-0.25, -0.2) is 4.79 Å². The maximum absolute atomic E-state index is 11.8. The number of nitrogens with one attached hydrogen (secondary N) is 4. The molecule has 1 aromatic carbocycles. The van der Waals surface area contributed by atoms with Crippen molar-refractivity contribution in [2.45, 2.75) is 12.6 Å². The Hall–Kier alpha value is -1.58. The molecular weight excluding hydrogens is 429 g/mol. The summed E-state index contributed by atoms with van der Waals surface area (Å²) in [7, 11) is 0. The van der Waals surface area contributed by atoms with Gasteiger partial charge in [0.25, 0.3) is 0 Å². The largest absolute Gasteiger partial charge is 0.427 e. The molecule has 0 spiro atoms. The molecule has 0 bridgehead atoms. The van der Waals surface area contributed by atoms with E-state index in [1.807, 2.05) is 12.1 Å². The number of alkyl halides is 1. The van der Waals surface area contributed by atoms with Crippen LogP contribution in [0.25, 0.3) is 0 Å². The number of rotatable bonds is 7. The molecule has 28 heavy (non-hydrogen) atoms. The van der Waals surface area contributed by atoms with Crippen molar-refractivity contribution in [3.8, 4) is 0 Å². The standard InChI is InChI=1S/C17H22Cl3N5O3/c18-6-15(21)28-16(22)8-24-17(26)23-7-12-10-25(3-4-27-12)9-11-1-2-13(19)14(20)5-11/h1-2,5,12,21-22H,3-4,6-10H2,(H2,23,24,26)/t12-/m0/s1. The van der Waals surface area contributed by atoms with Crippen molar-refractivity contribution in [2.75, 3.05) is 38.7 Å². The van der Waals surface area contributed by atoms with Crippen LogP contribution in [0.5, 0.6) is 0 Å². The molecular formula is C17H22Cl3N5O3. The fourth-order valence-electron chi connectivity index (χ4n) is 2.59. The normalized spacial score (nSPS) is 17.0. The first-order chi connectivity index (χ1) is 13.4. The number of nitrogens with zero attached hydrogens (tertiary/aromatic N) is 1. The minimum Gasteiger partial charge on any atom is -0.427 e. The SMILES string of the molecule is N=C(CCl)OC(=N)CNC(=O)NC[C@H]1CN(Cc2ccc(Cl)c(Cl)c2)CCO1. The van der Waals surface area contributed by atoms with Gasteiger partial charge < -0.3 is 20.1 Å². The number of carbonyl (C=O) groups excluding carboxylic acids is 1. The quantitative estimate of drug-likeness (QED) is 0.291. The van der Waals surface area contributed by atoms with Crippen molar-refractivity contribution in [1.82, 2.24) is 15.5 Å². The molecule has 0 aliphatic carbocycles. The van der Waals surface area contributed by atoms with Gasteiger partial charge in [0.2, 0.25) is 11.8 Å². The van der Waals surface area contributed by atoms with E-state index >= 15 is 0 Å². The zero-order valence-corrected chi connectivity index (χ0v) is 17.3. The predicted octanol–water partition coefficient (Wildman–Crippen LogP) is 2.70. The highest BCUT2D eigenvalue weighted by Crippen LogP contribution is 2.23. The summed E-state index contributed by atoms with van der Waals surface area (Å²) in [6.07, 6.45) is -0.151. The minimum absolute atomic E-state index is 0.133. The van der Waals surface area contributed by atoms with Crippen LogP contribution in [0, 0.1) is 10.8 Å². The van der Waals surface area contributed by atoms with Gasteiger partial charge in [0.15, 0.2) is 0 Å². The van der Waals surface area contributed by atoms with Crippen LogP contribution >= 0.6 is 34.8 Å². The van der Waals surface area contributed by atoms with E-state index in [2.05, 4.69) is 15.5 Å². The lowest BCUT2D eigenvalue weighted by Crippen LogP contribution is -2.49. The lowest BCUT2D eigenvalue weighted by atomic mass is 10.2. The summed E-state index contributed by atoms with van der Waals surface area (Å²) < 4.78 is 10.5. The van der Waals surface area contributed by atoms with Crippen molar-refractivity contribution >= 4 is 52.6 Å². The molecule has 8 nitrogen and oxygen atoms in total. The van der Waals surface area contributed by atoms with E-state index < -0.39 is 6.03 Å². The van der Waals surface area contributed by atoms with Gasteiger partial charge in [0, 0.05) is 26.2 Å². The van der Waals surface area contributed by atoms with Crippen molar-refractivity contribution in [1.29, 1.82) is 10.8 Å². The van der Waals surface area contributed by atoms with Gasteiger partial charge in [0.05, 0.1) is 35.2 Å². The Morgan fingerprint density at radius 2 is 2.04 bits per heavy atom. The van der Waals surface area contributed by atoms with Crippen molar-refractivity contribution in [2.24, 2.45) is 0 Å². The summed E-state index contributed by atoms with van der Waals surface area (Å²) in [6.45, 7) is 2.91. The molecule has 1 aliphatic heterocycles.